The minimum Gasteiger partial charge on any atom is -0.295 e. The van der Waals surface area contributed by atoms with Crippen molar-refractivity contribution in [2.24, 2.45) is 12.5 Å². The van der Waals surface area contributed by atoms with Crippen molar-refractivity contribution in [3.8, 4) is 17.2 Å². The van der Waals surface area contributed by atoms with E-state index in [1.807, 2.05) is 28.8 Å². The molecule has 0 amide bonds. The summed E-state index contributed by atoms with van der Waals surface area (Å²) in [5, 5.41) is 9.66. The van der Waals surface area contributed by atoms with Crippen LogP contribution in [0.25, 0.3) is 22.2 Å². The van der Waals surface area contributed by atoms with Gasteiger partial charge in [0.05, 0.1) is 22.7 Å². The SMILES string of the molecule is Cn1c(=O)n(CC(C)(C)C)c2ccc(-c3cc(Cl)cc(C#N)c3)cc21. The molecular formula is C20H20ClN3O. The monoisotopic (exact) mass is 353 g/mol. The first kappa shape index (κ1) is 17.3. The number of aromatic nitrogens is 2. The molecule has 0 aliphatic carbocycles. The third-order valence-corrected chi connectivity index (χ3v) is 4.36. The third-order valence-electron chi connectivity index (χ3n) is 4.14. The van der Waals surface area contributed by atoms with Crippen molar-refractivity contribution in [1.29, 1.82) is 5.26 Å². The Morgan fingerprint density at radius 2 is 1.80 bits per heavy atom. The van der Waals surface area contributed by atoms with Crippen molar-refractivity contribution >= 4 is 22.6 Å². The molecule has 128 valence electrons. The second-order valence-electron chi connectivity index (χ2n) is 7.53. The first-order valence-corrected chi connectivity index (χ1v) is 8.48. The summed E-state index contributed by atoms with van der Waals surface area (Å²) in [7, 11) is 1.78. The van der Waals surface area contributed by atoms with Gasteiger partial charge in [-0.2, -0.15) is 5.26 Å². The van der Waals surface area contributed by atoms with Gasteiger partial charge in [0.15, 0.2) is 0 Å². The van der Waals surface area contributed by atoms with Crippen molar-refractivity contribution in [3.05, 3.63) is 57.5 Å². The molecule has 0 radical (unpaired) electrons. The van der Waals surface area contributed by atoms with E-state index in [2.05, 4.69) is 26.8 Å². The topological polar surface area (TPSA) is 50.7 Å². The number of nitriles is 1. The van der Waals surface area contributed by atoms with Gasteiger partial charge in [-0.25, -0.2) is 4.79 Å². The predicted octanol–water partition coefficient (Wildman–Crippen LogP) is 4.58. The minimum atomic E-state index is -0.0223. The number of aryl methyl sites for hydroxylation is 1. The van der Waals surface area contributed by atoms with Crippen LogP contribution >= 0.6 is 11.6 Å². The average Bonchev–Trinajstić information content (AvgIpc) is 2.77. The maximum atomic E-state index is 12.6. The smallest absolute Gasteiger partial charge is 0.295 e. The zero-order valence-corrected chi connectivity index (χ0v) is 15.6. The third kappa shape index (κ3) is 3.33. The summed E-state index contributed by atoms with van der Waals surface area (Å²) >= 11 is 6.12. The lowest BCUT2D eigenvalue weighted by atomic mass is 9.97. The lowest BCUT2D eigenvalue weighted by molar-refractivity contribution is 0.342. The van der Waals surface area contributed by atoms with Crippen LogP contribution in [0.15, 0.2) is 41.2 Å². The van der Waals surface area contributed by atoms with E-state index in [0.29, 0.717) is 17.1 Å². The summed E-state index contributed by atoms with van der Waals surface area (Å²) in [6, 6.07) is 13.3. The number of hydrogen-bond acceptors (Lipinski definition) is 2. The highest BCUT2D eigenvalue weighted by atomic mass is 35.5. The Morgan fingerprint density at radius 1 is 1.08 bits per heavy atom. The van der Waals surface area contributed by atoms with Crippen molar-refractivity contribution in [1.82, 2.24) is 9.13 Å². The minimum absolute atomic E-state index is 0.00539. The summed E-state index contributed by atoms with van der Waals surface area (Å²) in [6.45, 7) is 6.99. The maximum absolute atomic E-state index is 12.6. The molecule has 0 aliphatic rings. The number of benzene rings is 2. The van der Waals surface area contributed by atoms with Crippen LogP contribution in [0, 0.1) is 16.7 Å². The van der Waals surface area contributed by atoms with Crippen LogP contribution in [0.4, 0.5) is 0 Å². The molecule has 0 fully saturated rings. The van der Waals surface area contributed by atoms with Crippen molar-refractivity contribution in [2.75, 3.05) is 0 Å². The molecule has 0 bridgehead atoms. The van der Waals surface area contributed by atoms with Crippen LogP contribution in [0.5, 0.6) is 0 Å². The lowest BCUT2D eigenvalue weighted by Crippen LogP contribution is -2.27. The Hall–Kier alpha value is -2.51. The van der Waals surface area contributed by atoms with Gasteiger partial charge in [0.2, 0.25) is 0 Å². The van der Waals surface area contributed by atoms with Gasteiger partial charge < -0.3 is 0 Å². The number of imidazole rings is 1. The standard InChI is InChI=1S/C20H20ClN3O/c1-20(2,3)12-24-17-6-5-14(10-18(17)23(4)19(24)25)15-7-13(11-22)8-16(21)9-15/h5-10H,12H2,1-4H3. The molecule has 0 aliphatic heterocycles. The first-order valence-electron chi connectivity index (χ1n) is 8.10. The maximum Gasteiger partial charge on any atom is 0.328 e. The fourth-order valence-electron chi connectivity index (χ4n) is 3.04. The predicted molar refractivity (Wildman–Crippen MR) is 102 cm³/mol. The molecule has 0 atom stereocenters. The van der Waals surface area contributed by atoms with Crippen LogP contribution in [0.3, 0.4) is 0 Å². The molecule has 0 unspecified atom stereocenters. The highest BCUT2D eigenvalue weighted by molar-refractivity contribution is 6.31. The molecule has 25 heavy (non-hydrogen) atoms. The number of hydrogen-bond donors (Lipinski definition) is 0. The quantitative estimate of drug-likeness (QED) is 0.677. The van der Waals surface area contributed by atoms with Crippen LogP contribution in [-0.4, -0.2) is 9.13 Å². The van der Waals surface area contributed by atoms with Crippen molar-refractivity contribution < 1.29 is 0 Å². The lowest BCUT2D eigenvalue weighted by Gasteiger charge is -2.18. The summed E-state index contributed by atoms with van der Waals surface area (Å²) in [4.78, 5) is 12.6. The Morgan fingerprint density at radius 3 is 2.44 bits per heavy atom. The normalized spacial score (nSPS) is 11.7. The number of fused-ring (bicyclic) bond motifs is 1. The second-order valence-corrected chi connectivity index (χ2v) is 7.97. The van der Waals surface area contributed by atoms with Crippen LogP contribution in [0.1, 0.15) is 26.3 Å². The zero-order valence-electron chi connectivity index (χ0n) is 14.8. The largest absolute Gasteiger partial charge is 0.328 e. The molecule has 0 saturated heterocycles. The Labute approximate surface area is 151 Å². The van der Waals surface area contributed by atoms with E-state index >= 15 is 0 Å². The van der Waals surface area contributed by atoms with E-state index in [1.54, 1.807) is 23.7 Å². The molecule has 1 aromatic heterocycles. The Bertz CT molecular complexity index is 1060. The van der Waals surface area contributed by atoms with Gasteiger partial charge in [0.1, 0.15) is 0 Å². The van der Waals surface area contributed by atoms with Crippen LogP contribution in [-0.2, 0) is 13.6 Å². The number of rotatable bonds is 2. The molecule has 0 N–H and O–H groups in total. The molecule has 4 nitrogen and oxygen atoms in total. The van der Waals surface area contributed by atoms with E-state index in [4.69, 9.17) is 16.9 Å². The van der Waals surface area contributed by atoms with E-state index in [-0.39, 0.29) is 11.1 Å². The summed E-state index contributed by atoms with van der Waals surface area (Å²) in [5.41, 5.74) is 4.06. The van der Waals surface area contributed by atoms with Gasteiger partial charge in [-0.1, -0.05) is 38.4 Å². The Kier molecular flexibility index (Phi) is 4.22. The molecule has 3 rings (SSSR count). The van der Waals surface area contributed by atoms with Gasteiger partial charge in [0, 0.05) is 18.6 Å². The summed E-state index contributed by atoms with van der Waals surface area (Å²) in [6.07, 6.45) is 0. The molecule has 0 saturated carbocycles. The molecule has 3 aromatic rings. The highest BCUT2D eigenvalue weighted by Crippen LogP contribution is 2.28. The van der Waals surface area contributed by atoms with Gasteiger partial charge in [0.25, 0.3) is 0 Å². The second kappa shape index (κ2) is 6.09. The highest BCUT2D eigenvalue weighted by Gasteiger charge is 2.18. The number of halogens is 1. The van der Waals surface area contributed by atoms with Gasteiger partial charge in [-0.05, 0) is 46.9 Å². The van der Waals surface area contributed by atoms with Gasteiger partial charge >= 0.3 is 5.69 Å². The fourth-order valence-corrected chi connectivity index (χ4v) is 3.27. The van der Waals surface area contributed by atoms with Crippen LogP contribution in [0.2, 0.25) is 5.02 Å². The molecule has 2 aromatic carbocycles. The molecule has 1 heterocycles. The van der Waals surface area contributed by atoms with Gasteiger partial charge in [-0.3, -0.25) is 9.13 Å². The molecular weight excluding hydrogens is 334 g/mol. The van der Waals surface area contributed by atoms with E-state index in [9.17, 15) is 4.79 Å². The first-order chi connectivity index (χ1) is 11.7. The fraction of sp³-hybridized carbons (Fsp3) is 0.300. The van der Waals surface area contributed by atoms with E-state index in [1.165, 1.54) is 0 Å². The van der Waals surface area contributed by atoms with Crippen LogP contribution < -0.4 is 5.69 Å². The van der Waals surface area contributed by atoms with E-state index < -0.39 is 0 Å². The molecule has 0 spiro atoms. The summed E-state index contributed by atoms with van der Waals surface area (Å²) < 4.78 is 3.48. The molecule has 5 heteroatoms. The average molecular weight is 354 g/mol. The van der Waals surface area contributed by atoms with Crippen molar-refractivity contribution in [2.45, 2.75) is 27.3 Å². The number of nitrogens with zero attached hydrogens (tertiary/aromatic N) is 3. The van der Waals surface area contributed by atoms with E-state index in [0.717, 1.165) is 22.2 Å². The summed E-state index contributed by atoms with van der Waals surface area (Å²) in [5.74, 6) is 0. The van der Waals surface area contributed by atoms with Gasteiger partial charge in [-0.15, -0.1) is 0 Å². The van der Waals surface area contributed by atoms with Crippen molar-refractivity contribution in [3.63, 3.8) is 0 Å². The Balaban J connectivity index is 2.20. The zero-order chi connectivity index (χ0) is 18.4.